The highest BCUT2D eigenvalue weighted by Crippen LogP contribution is 2.35. The third kappa shape index (κ3) is 7.84. The molecule has 12 atom stereocenters. The maximum Gasteiger partial charge on any atom is 0.364 e. The van der Waals surface area contributed by atoms with Gasteiger partial charge in [0.1, 0.15) is 36.6 Å². The van der Waals surface area contributed by atoms with E-state index in [1.807, 2.05) is 0 Å². The van der Waals surface area contributed by atoms with E-state index in [2.05, 4.69) is 10.6 Å². The van der Waals surface area contributed by atoms with Crippen molar-refractivity contribution in [2.45, 2.75) is 99.2 Å². The van der Waals surface area contributed by atoms with Gasteiger partial charge >= 0.3 is 11.9 Å². The molecular weight excluding hydrogens is 564 g/mol. The van der Waals surface area contributed by atoms with Crippen molar-refractivity contribution in [3.05, 3.63) is 0 Å². The summed E-state index contributed by atoms with van der Waals surface area (Å²) in [6.45, 7) is -0.134. The molecular formula is C22H36N2O17. The van der Waals surface area contributed by atoms with Crippen LogP contribution in [0.4, 0.5) is 0 Å². The van der Waals surface area contributed by atoms with E-state index in [0.717, 1.165) is 13.8 Å². The fourth-order valence-corrected chi connectivity index (χ4v) is 4.62. The van der Waals surface area contributed by atoms with Crippen LogP contribution in [0.25, 0.3) is 0 Å². The maximum atomic E-state index is 12.2. The minimum Gasteiger partial charge on any atom is -0.477 e. The van der Waals surface area contributed by atoms with Gasteiger partial charge < -0.3 is 75.9 Å². The van der Waals surface area contributed by atoms with Crippen LogP contribution in [-0.4, -0.2) is 161 Å². The van der Waals surface area contributed by atoms with E-state index >= 15 is 0 Å². The van der Waals surface area contributed by atoms with E-state index in [1.54, 1.807) is 0 Å². The fourth-order valence-electron chi connectivity index (χ4n) is 4.62. The normalized spacial score (nSPS) is 36.8. The summed E-state index contributed by atoms with van der Waals surface area (Å²) in [5.74, 6) is -11.3. The van der Waals surface area contributed by atoms with Gasteiger partial charge in [-0.15, -0.1) is 0 Å². The quantitative estimate of drug-likeness (QED) is 0.0990. The number of rotatable bonds is 12. The minimum absolute atomic E-state index is 0.736. The predicted molar refractivity (Wildman–Crippen MR) is 126 cm³/mol. The summed E-state index contributed by atoms with van der Waals surface area (Å²) in [7, 11) is 0. The average molecular weight is 601 g/mol. The van der Waals surface area contributed by atoms with Gasteiger partial charge in [0.05, 0.1) is 37.5 Å². The highest BCUT2D eigenvalue weighted by atomic mass is 16.7. The monoisotopic (exact) mass is 600 g/mol. The van der Waals surface area contributed by atoms with Crippen LogP contribution >= 0.6 is 0 Å². The second-order valence-electron chi connectivity index (χ2n) is 9.92. The van der Waals surface area contributed by atoms with Crippen LogP contribution in [0, 0.1) is 0 Å². The number of hydrogen-bond acceptors (Lipinski definition) is 15. The van der Waals surface area contributed by atoms with Gasteiger partial charge in [0.25, 0.3) is 11.6 Å². The highest BCUT2D eigenvalue weighted by Gasteiger charge is 2.57. The van der Waals surface area contributed by atoms with Crippen molar-refractivity contribution in [1.82, 2.24) is 10.6 Å². The van der Waals surface area contributed by atoms with Crippen LogP contribution in [0.3, 0.4) is 0 Å². The zero-order valence-electron chi connectivity index (χ0n) is 21.9. The zero-order chi connectivity index (χ0) is 31.4. The average Bonchev–Trinajstić information content (AvgIpc) is 2.88. The number of aliphatic carboxylic acids is 2. The number of carboxylic acid groups (broad SMARTS) is 2. The summed E-state index contributed by atoms with van der Waals surface area (Å²) in [6, 6.07) is -3.06. The van der Waals surface area contributed by atoms with Gasteiger partial charge in [-0.3, -0.25) is 9.59 Å². The number of nitrogens with one attached hydrogen (secondary N) is 2. The first-order chi connectivity index (χ1) is 18.9. The van der Waals surface area contributed by atoms with Crippen LogP contribution in [0.2, 0.25) is 0 Å². The van der Waals surface area contributed by atoms with Crippen molar-refractivity contribution in [2.75, 3.05) is 13.2 Å². The Morgan fingerprint density at radius 3 is 1.73 bits per heavy atom. The number of hydrogen-bond donors (Lipinski definition) is 12. The van der Waals surface area contributed by atoms with Crippen molar-refractivity contribution >= 4 is 23.8 Å². The van der Waals surface area contributed by atoms with Crippen molar-refractivity contribution in [2.24, 2.45) is 0 Å². The molecule has 2 amide bonds. The molecule has 0 aromatic carbocycles. The molecule has 0 aliphatic carbocycles. The largest absolute Gasteiger partial charge is 0.477 e. The summed E-state index contributed by atoms with van der Waals surface area (Å²) < 4.78 is 15.6. The van der Waals surface area contributed by atoms with Gasteiger partial charge in [0, 0.05) is 26.7 Å². The lowest BCUT2D eigenvalue weighted by molar-refractivity contribution is -0.321. The van der Waals surface area contributed by atoms with Crippen molar-refractivity contribution in [3.8, 4) is 0 Å². The molecule has 236 valence electrons. The first-order valence-electron chi connectivity index (χ1n) is 12.3. The van der Waals surface area contributed by atoms with Crippen molar-refractivity contribution < 1.29 is 84.5 Å². The van der Waals surface area contributed by atoms with Crippen LogP contribution in [-0.2, 0) is 33.4 Å². The molecule has 2 saturated heterocycles. The van der Waals surface area contributed by atoms with Gasteiger partial charge in [0.2, 0.25) is 11.8 Å². The Kier molecular flexibility index (Phi) is 11.5. The molecule has 0 saturated carbocycles. The molecule has 12 unspecified atom stereocenters. The van der Waals surface area contributed by atoms with Crippen LogP contribution in [0.15, 0.2) is 0 Å². The lowest BCUT2D eigenvalue weighted by Gasteiger charge is -2.47. The molecule has 2 heterocycles. The van der Waals surface area contributed by atoms with E-state index in [4.69, 9.17) is 14.2 Å². The fraction of sp³-hybridized carbons (Fsp3) is 0.818. The van der Waals surface area contributed by atoms with Crippen LogP contribution in [0.5, 0.6) is 0 Å². The number of amides is 2. The molecule has 0 aromatic heterocycles. The molecule has 2 fully saturated rings. The second-order valence-corrected chi connectivity index (χ2v) is 9.92. The number of carbonyl (C=O) groups is 4. The Morgan fingerprint density at radius 1 is 0.829 bits per heavy atom. The van der Waals surface area contributed by atoms with Crippen molar-refractivity contribution in [1.29, 1.82) is 0 Å². The molecule has 0 spiro atoms. The van der Waals surface area contributed by atoms with E-state index in [0.29, 0.717) is 0 Å². The molecule has 19 nitrogen and oxygen atoms in total. The third-order valence-electron chi connectivity index (χ3n) is 6.69. The molecule has 0 bridgehead atoms. The Labute approximate surface area is 231 Å². The van der Waals surface area contributed by atoms with Gasteiger partial charge in [-0.1, -0.05) is 0 Å². The van der Waals surface area contributed by atoms with E-state index in [9.17, 15) is 70.2 Å². The smallest absolute Gasteiger partial charge is 0.364 e. The molecule has 0 radical (unpaired) electrons. The first kappa shape index (κ1) is 34.6. The van der Waals surface area contributed by atoms with Gasteiger partial charge in [0.15, 0.2) is 0 Å². The third-order valence-corrected chi connectivity index (χ3v) is 6.69. The number of aliphatic hydroxyl groups excluding tert-OH is 7. The standard InChI is InChI=1S/C22H36N2O17/c1-7(26)23-13-9(28)3-21(38,19(34)35)40-17(13)16(33)12(31)6-39-22(20(36)37)4-10(29)14(24-8(2)27)18(41-22)15(32)11(30)5-25/h9-18,25,28-33,38H,3-6H2,1-2H3,(H,23,26)(H,24,27)(H,34,35)(H,36,37). The number of carbonyl (C=O) groups excluding carboxylic acids is 2. The molecule has 2 aliphatic rings. The SMILES string of the molecule is CC(=O)NC1C(O)CC(O)(C(=O)O)OC1C(O)C(O)COC1(C(=O)O)CC(O)C(NC(C)=O)C(C(O)C(O)CO)O1. The molecule has 2 rings (SSSR count). The second kappa shape index (κ2) is 13.6. The van der Waals surface area contributed by atoms with Gasteiger partial charge in [-0.25, -0.2) is 9.59 Å². The zero-order valence-corrected chi connectivity index (χ0v) is 21.9. The lowest BCUT2D eigenvalue weighted by Crippen LogP contribution is -2.68. The molecule has 19 heteroatoms. The summed E-state index contributed by atoms with van der Waals surface area (Å²) in [6.07, 6.45) is -17.8. The molecule has 2 aliphatic heterocycles. The highest BCUT2D eigenvalue weighted by molar-refractivity contribution is 5.77. The Bertz CT molecular complexity index is 968. The van der Waals surface area contributed by atoms with Gasteiger partial charge in [-0.05, 0) is 0 Å². The Hall–Kier alpha value is -2.56. The molecule has 12 N–H and O–H groups in total. The summed E-state index contributed by atoms with van der Waals surface area (Å²) >= 11 is 0. The molecule has 41 heavy (non-hydrogen) atoms. The topological polar surface area (TPSA) is 322 Å². The van der Waals surface area contributed by atoms with E-state index in [1.165, 1.54) is 0 Å². The maximum absolute atomic E-state index is 12.2. The lowest BCUT2D eigenvalue weighted by atomic mass is 9.88. The first-order valence-corrected chi connectivity index (χ1v) is 12.3. The Morgan fingerprint density at radius 2 is 1.29 bits per heavy atom. The van der Waals surface area contributed by atoms with Crippen molar-refractivity contribution in [3.63, 3.8) is 0 Å². The summed E-state index contributed by atoms with van der Waals surface area (Å²) in [5, 5.41) is 106. The number of carboxylic acids is 2. The summed E-state index contributed by atoms with van der Waals surface area (Å²) in [4.78, 5) is 46.9. The van der Waals surface area contributed by atoms with Crippen LogP contribution < -0.4 is 10.6 Å². The number of ether oxygens (including phenoxy) is 3. The predicted octanol–water partition coefficient (Wildman–Crippen LogP) is -6.70. The Balaban J connectivity index is 2.32. The van der Waals surface area contributed by atoms with Gasteiger partial charge in [-0.2, -0.15) is 0 Å². The van der Waals surface area contributed by atoms with E-state index < -0.39 is 122 Å². The molecule has 0 aromatic rings. The minimum atomic E-state index is -3.05. The van der Waals surface area contributed by atoms with E-state index in [-0.39, 0.29) is 0 Å². The van der Waals surface area contributed by atoms with Crippen LogP contribution in [0.1, 0.15) is 26.7 Å². The summed E-state index contributed by atoms with van der Waals surface area (Å²) in [5.41, 5.74) is 0. The number of aliphatic hydroxyl groups is 8.